The fourth-order valence-electron chi connectivity index (χ4n) is 2.39. The number of carbonyl (C=O) groups excluding carboxylic acids is 1. The summed E-state index contributed by atoms with van der Waals surface area (Å²) in [6, 6.07) is 7.40. The zero-order valence-electron chi connectivity index (χ0n) is 14.1. The first-order valence-electron chi connectivity index (χ1n) is 8.59. The Morgan fingerprint density at radius 3 is 2.14 bits per heavy atom. The molecule has 1 aromatic carbocycles. The van der Waals surface area contributed by atoms with Gasteiger partial charge in [-0.3, -0.25) is 4.79 Å². The zero-order valence-corrected chi connectivity index (χ0v) is 14.1. The Morgan fingerprint density at radius 2 is 1.55 bits per heavy atom. The first kappa shape index (κ1) is 18.5. The normalized spacial score (nSPS) is 11.0. The number of ether oxygens (including phenoxy) is 1. The number of carbonyl (C=O) groups is 1. The highest BCUT2D eigenvalue weighted by Crippen LogP contribution is 2.14. The highest BCUT2D eigenvalue weighted by atomic mass is 16.5. The molecule has 122 valence electrons. The maximum absolute atomic E-state index is 11.2. The molecule has 0 saturated heterocycles. The molecule has 0 saturated carbocycles. The van der Waals surface area contributed by atoms with Crippen LogP contribution in [0.5, 0.6) is 5.75 Å². The van der Waals surface area contributed by atoms with Crippen molar-refractivity contribution in [3.63, 3.8) is 0 Å². The van der Waals surface area contributed by atoms with Gasteiger partial charge < -0.3 is 4.74 Å². The molecule has 2 heteroatoms. The molecule has 0 aromatic heterocycles. The van der Waals surface area contributed by atoms with Crippen molar-refractivity contribution in [3.05, 3.63) is 42.0 Å². The molecule has 0 aliphatic heterocycles. The van der Waals surface area contributed by atoms with Gasteiger partial charge in [0.15, 0.2) is 5.78 Å². The standard InChI is InChI=1S/C20H30O2/c1-3-4-5-6-7-8-9-10-11-12-17-22-20-15-13-19(14-16-20)18(2)21/h3-4,13-16H,5-12,17H2,1-2H3. The predicted octanol–water partition coefficient (Wildman–Crippen LogP) is 5.96. The molecule has 22 heavy (non-hydrogen) atoms. The summed E-state index contributed by atoms with van der Waals surface area (Å²) in [6.45, 7) is 4.43. The minimum atomic E-state index is 0.0947. The molecule has 0 aliphatic carbocycles. The number of ketones is 1. The zero-order chi connectivity index (χ0) is 16.0. The third-order valence-electron chi connectivity index (χ3n) is 3.78. The molecule has 1 rings (SSSR count). The van der Waals surface area contributed by atoms with Crippen LogP contribution in [0, 0.1) is 0 Å². The van der Waals surface area contributed by atoms with Gasteiger partial charge in [-0.15, -0.1) is 0 Å². The third kappa shape index (κ3) is 8.66. The van der Waals surface area contributed by atoms with E-state index >= 15 is 0 Å². The molecule has 0 radical (unpaired) electrons. The van der Waals surface area contributed by atoms with E-state index in [2.05, 4.69) is 19.1 Å². The minimum Gasteiger partial charge on any atom is -0.494 e. The number of hydrogen-bond acceptors (Lipinski definition) is 2. The molecular formula is C20H30O2. The van der Waals surface area contributed by atoms with Gasteiger partial charge in [0.1, 0.15) is 5.75 Å². The number of hydrogen-bond donors (Lipinski definition) is 0. The van der Waals surface area contributed by atoms with Crippen LogP contribution < -0.4 is 4.74 Å². The molecule has 0 aliphatic rings. The van der Waals surface area contributed by atoms with Gasteiger partial charge in [-0.2, -0.15) is 0 Å². The smallest absolute Gasteiger partial charge is 0.159 e. The Labute approximate surface area is 135 Å². The Hall–Kier alpha value is -1.57. The van der Waals surface area contributed by atoms with E-state index in [1.54, 1.807) is 6.92 Å². The monoisotopic (exact) mass is 302 g/mol. The van der Waals surface area contributed by atoms with Gasteiger partial charge in [-0.05, 0) is 57.4 Å². The Bertz CT molecular complexity index is 432. The molecule has 0 spiro atoms. The van der Waals surface area contributed by atoms with E-state index in [4.69, 9.17) is 4.74 Å². The van der Waals surface area contributed by atoms with Crippen molar-refractivity contribution in [2.75, 3.05) is 6.61 Å². The summed E-state index contributed by atoms with van der Waals surface area (Å²) < 4.78 is 5.69. The van der Waals surface area contributed by atoms with Gasteiger partial charge in [0.25, 0.3) is 0 Å². The van der Waals surface area contributed by atoms with E-state index in [1.807, 2.05) is 24.3 Å². The molecular weight excluding hydrogens is 272 g/mol. The third-order valence-corrected chi connectivity index (χ3v) is 3.78. The molecule has 0 amide bonds. The summed E-state index contributed by atoms with van der Waals surface area (Å²) >= 11 is 0. The lowest BCUT2D eigenvalue weighted by atomic mass is 10.1. The number of benzene rings is 1. The summed E-state index contributed by atoms with van der Waals surface area (Å²) in [7, 11) is 0. The van der Waals surface area contributed by atoms with Crippen LogP contribution in [-0.2, 0) is 0 Å². The van der Waals surface area contributed by atoms with Crippen molar-refractivity contribution < 1.29 is 9.53 Å². The van der Waals surface area contributed by atoms with Crippen LogP contribution in [0.25, 0.3) is 0 Å². The number of rotatable bonds is 12. The second kappa shape index (κ2) is 12.0. The maximum Gasteiger partial charge on any atom is 0.159 e. The molecule has 2 nitrogen and oxygen atoms in total. The van der Waals surface area contributed by atoms with Crippen LogP contribution >= 0.6 is 0 Å². The first-order valence-corrected chi connectivity index (χ1v) is 8.59. The quantitative estimate of drug-likeness (QED) is 0.270. The van der Waals surface area contributed by atoms with Crippen molar-refractivity contribution in [2.24, 2.45) is 0 Å². The Morgan fingerprint density at radius 1 is 0.955 bits per heavy atom. The predicted molar refractivity (Wildman–Crippen MR) is 93.7 cm³/mol. The van der Waals surface area contributed by atoms with E-state index in [1.165, 1.54) is 44.9 Å². The van der Waals surface area contributed by atoms with Crippen molar-refractivity contribution in [3.8, 4) is 5.75 Å². The average molecular weight is 302 g/mol. The largest absolute Gasteiger partial charge is 0.494 e. The lowest BCUT2D eigenvalue weighted by Crippen LogP contribution is -1.98. The first-order chi connectivity index (χ1) is 10.7. The van der Waals surface area contributed by atoms with E-state index in [0.29, 0.717) is 0 Å². The summed E-state index contributed by atoms with van der Waals surface area (Å²) in [4.78, 5) is 11.2. The maximum atomic E-state index is 11.2. The van der Waals surface area contributed by atoms with E-state index in [-0.39, 0.29) is 5.78 Å². The van der Waals surface area contributed by atoms with E-state index in [0.717, 1.165) is 24.3 Å². The summed E-state index contributed by atoms with van der Waals surface area (Å²) in [5.41, 5.74) is 0.738. The lowest BCUT2D eigenvalue weighted by Gasteiger charge is -2.06. The van der Waals surface area contributed by atoms with Gasteiger partial charge in [-0.25, -0.2) is 0 Å². The lowest BCUT2D eigenvalue weighted by molar-refractivity contribution is 0.101. The highest BCUT2D eigenvalue weighted by molar-refractivity contribution is 5.94. The van der Waals surface area contributed by atoms with Crippen molar-refractivity contribution in [1.82, 2.24) is 0 Å². The van der Waals surface area contributed by atoms with Crippen molar-refractivity contribution >= 4 is 5.78 Å². The van der Waals surface area contributed by atoms with Crippen LogP contribution in [0.1, 0.15) is 75.6 Å². The fraction of sp³-hybridized carbons (Fsp3) is 0.550. The molecule has 0 heterocycles. The van der Waals surface area contributed by atoms with E-state index in [9.17, 15) is 4.79 Å². The second-order valence-electron chi connectivity index (χ2n) is 5.76. The van der Waals surface area contributed by atoms with Crippen molar-refractivity contribution in [1.29, 1.82) is 0 Å². The van der Waals surface area contributed by atoms with Crippen LogP contribution in [0.3, 0.4) is 0 Å². The van der Waals surface area contributed by atoms with E-state index < -0.39 is 0 Å². The number of allylic oxidation sites excluding steroid dienone is 2. The van der Waals surface area contributed by atoms with Gasteiger partial charge in [0.2, 0.25) is 0 Å². The SMILES string of the molecule is CC=CCCCCCCCCCOc1ccc(C(C)=O)cc1. The molecule has 0 bridgehead atoms. The minimum absolute atomic E-state index is 0.0947. The van der Waals surface area contributed by atoms with Crippen LogP contribution in [0.15, 0.2) is 36.4 Å². The summed E-state index contributed by atoms with van der Waals surface area (Å²) in [5.74, 6) is 0.950. The molecule has 1 aromatic rings. The second-order valence-corrected chi connectivity index (χ2v) is 5.76. The fourth-order valence-corrected chi connectivity index (χ4v) is 2.39. The van der Waals surface area contributed by atoms with Gasteiger partial charge in [-0.1, -0.05) is 44.3 Å². The molecule has 0 unspecified atom stereocenters. The van der Waals surface area contributed by atoms with Gasteiger partial charge >= 0.3 is 0 Å². The Balaban J connectivity index is 1.96. The average Bonchev–Trinajstić information content (AvgIpc) is 2.53. The molecule has 0 fully saturated rings. The highest BCUT2D eigenvalue weighted by Gasteiger charge is 1.99. The number of Topliss-reactive ketones (excluding diaryl/α,β-unsaturated/α-hetero) is 1. The topological polar surface area (TPSA) is 26.3 Å². The summed E-state index contributed by atoms with van der Waals surface area (Å²) in [5, 5.41) is 0. The van der Waals surface area contributed by atoms with Crippen molar-refractivity contribution in [2.45, 2.75) is 65.2 Å². The Kier molecular flexibility index (Phi) is 10.1. The number of unbranched alkanes of at least 4 members (excludes halogenated alkanes) is 7. The molecule has 0 N–H and O–H groups in total. The van der Waals surface area contributed by atoms with Crippen LogP contribution in [0.4, 0.5) is 0 Å². The summed E-state index contributed by atoms with van der Waals surface area (Å²) in [6.07, 6.45) is 14.6. The molecule has 0 atom stereocenters. The van der Waals surface area contributed by atoms with Crippen LogP contribution in [0.2, 0.25) is 0 Å². The van der Waals surface area contributed by atoms with Gasteiger partial charge in [0.05, 0.1) is 6.61 Å². The van der Waals surface area contributed by atoms with Gasteiger partial charge in [0, 0.05) is 5.56 Å². The van der Waals surface area contributed by atoms with Crippen LogP contribution in [-0.4, -0.2) is 12.4 Å².